The molecule has 1 saturated heterocycles. The second kappa shape index (κ2) is 9.92. The van der Waals surface area contributed by atoms with Crippen molar-refractivity contribution < 1.29 is 4.79 Å². The van der Waals surface area contributed by atoms with E-state index in [1.807, 2.05) is 12.1 Å². The van der Waals surface area contributed by atoms with Gasteiger partial charge < -0.3 is 10.6 Å². The molecular weight excluding hydrogens is 396 g/mol. The van der Waals surface area contributed by atoms with Gasteiger partial charge in [-0.15, -0.1) is 24.2 Å². The fraction of sp³-hybridized carbons (Fsp3) is 0.588. The van der Waals surface area contributed by atoms with Gasteiger partial charge in [-0.05, 0) is 70.0 Å². The predicted octanol–water partition coefficient (Wildman–Crippen LogP) is 4.25. The fourth-order valence-electron chi connectivity index (χ4n) is 2.55. The Morgan fingerprint density at radius 2 is 2.09 bits per heavy atom. The SMILES string of the molecule is CC(C)(CNC(=O)CCC1CCNC1)Sc1ccc(Br)cc1.Cl. The van der Waals surface area contributed by atoms with Crippen molar-refractivity contribution in [3.63, 3.8) is 0 Å². The number of carbonyl (C=O) groups excluding carboxylic acids is 1. The van der Waals surface area contributed by atoms with E-state index in [-0.39, 0.29) is 23.1 Å². The number of benzene rings is 1. The molecule has 1 amide bonds. The number of nitrogens with one attached hydrogen (secondary N) is 2. The van der Waals surface area contributed by atoms with Crippen LogP contribution in [-0.4, -0.2) is 30.3 Å². The van der Waals surface area contributed by atoms with E-state index >= 15 is 0 Å². The summed E-state index contributed by atoms with van der Waals surface area (Å²) in [4.78, 5) is 13.2. The van der Waals surface area contributed by atoms with Crippen molar-refractivity contribution in [1.82, 2.24) is 10.6 Å². The molecule has 0 spiro atoms. The first-order chi connectivity index (χ1) is 10.4. The minimum atomic E-state index is -0.0155. The molecule has 0 saturated carbocycles. The van der Waals surface area contributed by atoms with Gasteiger partial charge in [0.1, 0.15) is 0 Å². The van der Waals surface area contributed by atoms with Crippen LogP contribution in [0.2, 0.25) is 0 Å². The Labute approximate surface area is 158 Å². The molecule has 2 rings (SSSR count). The van der Waals surface area contributed by atoms with Crippen molar-refractivity contribution >= 4 is 46.0 Å². The van der Waals surface area contributed by atoms with E-state index in [4.69, 9.17) is 0 Å². The molecule has 1 unspecified atom stereocenters. The smallest absolute Gasteiger partial charge is 0.220 e. The third-order valence-electron chi connectivity index (χ3n) is 3.86. The molecule has 0 radical (unpaired) electrons. The molecule has 1 aromatic rings. The van der Waals surface area contributed by atoms with E-state index in [1.165, 1.54) is 11.3 Å². The van der Waals surface area contributed by atoms with E-state index in [1.54, 1.807) is 11.8 Å². The van der Waals surface area contributed by atoms with E-state index in [9.17, 15) is 4.79 Å². The van der Waals surface area contributed by atoms with Gasteiger partial charge in [0.2, 0.25) is 5.91 Å². The lowest BCUT2D eigenvalue weighted by Gasteiger charge is -2.24. The fourth-order valence-corrected chi connectivity index (χ4v) is 3.87. The maximum atomic E-state index is 12.0. The number of carbonyl (C=O) groups is 1. The van der Waals surface area contributed by atoms with Gasteiger partial charge in [0.05, 0.1) is 0 Å². The summed E-state index contributed by atoms with van der Waals surface area (Å²) in [6.45, 7) is 7.19. The first kappa shape index (κ1) is 20.8. The highest BCUT2D eigenvalue weighted by atomic mass is 79.9. The Balaban J connectivity index is 0.00000264. The Morgan fingerprint density at radius 1 is 1.39 bits per heavy atom. The molecule has 1 aliphatic rings. The first-order valence-electron chi connectivity index (χ1n) is 7.87. The van der Waals surface area contributed by atoms with Gasteiger partial charge in [-0.1, -0.05) is 15.9 Å². The predicted molar refractivity (Wildman–Crippen MR) is 105 cm³/mol. The summed E-state index contributed by atoms with van der Waals surface area (Å²) in [5, 5.41) is 6.43. The number of halogens is 2. The lowest BCUT2D eigenvalue weighted by atomic mass is 10.0. The molecule has 6 heteroatoms. The van der Waals surface area contributed by atoms with Crippen LogP contribution in [0.5, 0.6) is 0 Å². The molecule has 3 nitrogen and oxygen atoms in total. The summed E-state index contributed by atoms with van der Waals surface area (Å²) in [7, 11) is 0. The largest absolute Gasteiger partial charge is 0.355 e. The molecule has 23 heavy (non-hydrogen) atoms. The van der Waals surface area contributed by atoms with Crippen LogP contribution in [-0.2, 0) is 4.79 Å². The zero-order chi connectivity index (χ0) is 16.0. The average molecular weight is 422 g/mol. The molecule has 0 aromatic heterocycles. The zero-order valence-electron chi connectivity index (χ0n) is 13.7. The van der Waals surface area contributed by atoms with E-state index in [0.717, 1.165) is 24.0 Å². The van der Waals surface area contributed by atoms with Crippen LogP contribution in [0.1, 0.15) is 33.1 Å². The highest BCUT2D eigenvalue weighted by Crippen LogP contribution is 2.32. The normalized spacial score (nSPS) is 17.6. The topological polar surface area (TPSA) is 41.1 Å². The molecule has 0 aliphatic carbocycles. The van der Waals surface area contributed by atoms with Crippen molar-refractivity contribution in [3.05, 3.63) is 28.7 Å². The Bertz CT molecular complexity index is 490. The summed E-state index contributed by atoms with van der Waals surface area (Å²) in [6.07, 6.45) is 2.85. The van der Waals surface area contributed by atoms with E-state index in [0.29, 0.717) is 18.9 Å². The second-order valence-corrected chi connectivity index (χ2v) is 9.19. The molecule has 0 bridgehead atoms. The molecule has 1 heterocycles. The van der Waals surface area contributed by atoms with Gasteiger partial charge in [0.25, 0.3) is 0 Å². The minimum absolute atomic E-state index is 0. The van der Waals surface area contributed by atoms with E-state index in [2.05, 4.69) is 52.5 Å². The van der Waals surface area contributed by atoms with Crippen LogP contribution < -0.4 is 10.6 Å². The highest BCUT2D eigenvalue weighted by molar-refractivity contribution is 9.10. The maximum Gasteiger partial charge on any atom is 0.220 e. The molecule has 1 fully saturated rings. The molecule has 1 aromatic carbocycles. The Hall–Kier alpha value is -0.230. The van der Waals surface area contributed by atoms with Gasteiger partial charge in [-0.2, -0.15) is 0 Å². The lowest BCUT2D eigenvalue weighted by molar-refractivity contribution is -0.121. The molecular formula is C17H26BrClN2OS. The van der Waals surface area contributed by atoms with Gasteiger partial charge in [-0.25, -0.2) is 0 Å². The third kappa shape index (κ3) is 7.92. The Morgan fingerprint density at radius 3 is 2.70 bits per heavy atom. The summed E-state index contributed by atoms with van der Waals surface area (Å²) >= 11 is 5.24. The number of hydrogen-bond acceptors (Lipinski definition) is 3. The van der Waals surface area contributed by atoms with Crippen LogP contribution in [0.3, 0.4) is 0 Å². The minimum Gasteiger partial charge on any atom is -0.355 e. The van der Waals surface area contributed by atoms with Crippen molar-refractivity contribution in [2.24, 2.45) is 5.92 Å². The molecule has 1 aliphatic heterocycles. The quantitative estimate of drug-likeness (QED) is 0.647. The van der Waals surface area contributed by atoms with Crippen LogP contribution in [0.15, 0.2) is 33.6 Å². The van der Waals surface area contributed by atoms with E-state index < -0.39 is 0 Å². The average Bonchev–Trinajstić information content (AvgIpc) is 2.99. The molecule has 1 atom stereocenters. The van der Waals surface area contributed by atoms with Crippen molar-refractivity contribution in [2.75, 3.05) is 19.6 Å². The highest BCUT2D eigenvalue weighted by Gasteiger charge is 2.21. The summed E-state index contributed by atoms with van der Waals surface area (Å²) in [5.41, 5.74) is 0. The van der Waals surface area contributed by atoms with Crippen LogP contribution in [0, 0.1) is 5.92 Å². The number of amides is 1. The number of rotatable bonds is 7. The van der Waals surface area contributed by atoms with Gasteiger partial charge in [0.15, 0.2) is 0 Å². The maximum absolute atomic E-state index is 12.0. The number of hydrogen-bond donors (Lipinski definition) is 2. The standard InChI is InChI=1S/C17H25BrN2OS.ClH/c1-17(2,22-15-6-4-14(18)5-7-15)12-20-16(21)8-3-13-9-10-19-11-13;/h4-7,13,19H,3,8-12H2,1-2H3,(H,20,21);1H. The summed E-state index contributed by atoms with van der Waals surface area (Å²) < 4.78 is 1.07. The van der Waals surface area contributed by atoms with Gasteiger partial charge >= 0.3 is 0 Å². The summed E-state index contributed by atoms with van der Waals surface area (Å²) in [5.74, 6) is 0.854. The summed E-state index contributed by atoms with van der Waals surface area (Å²) in [6, 6.07) is 8.30. The first-order valence-corrected chi connectivity index (χ1v) is 9.47. The Kier molecular flexibility index (Phi) is 8.98. The van der Waals surface area contributed by atoms with Crippen LogP contribution in [0.25, 0.3) is 0 Å². The number of thioether (sulfide) groups is 1. The van der Waals surface area contributed by atoms with Gasteiger partial charge in [0, 0.05) is 27.1 Å². The zero-order valence-corrected chi connectivity index (χ0v) is 17.0. The monoisotopic (exact) mass is 420 g/mol. The molecule has 130 valence electrons. The van der Waals surface area contributed by atoms with Crippen LogP contribution >= 0.6 is 40.1 Å². The van der Waals surface area contributed by atoms with Gasteiger partial charge in [-0.3, -0.25) is 4.79 Å². The second-order valence-electron chi connectivity index (χ2n) is 6.49. The third-order valence-corrected chi connectivity index (χ3v) is 5.59. The lowest BCUT2D eigenvalue weighted by Crippen LogP contribution is -2.36. The van der Waals surface area contributed by atoms with Crippen molar-refractivity contribution in [2.45, 2.75) is 42.8 Å². The van der Waals surface area contributed by atoms with Crippen molar-refractivity contribution in [3.8, 4) is 0 Å². The van der Waals surface area contributed by atoms with Crippen molar-refractivity contribution in [1.29, 1.82) is 0 Å². The van der Waals surface area contributed by atoms with Crippen LogP contribution in [0.4, 0.5) is 0 Å². The molecule has 2 N–H and O–H groups in total.